The molecule has 2 atom stereocenters. The SMILES string of the molecule is CCCC1(C(=O)NC(CC(=O)O)C2CC2)CCCNC1. The lowest BCUT2D eigenvalue weighted by molar-refractivity contribution is -0.138. The molecule has 1 amide bonds. The first-order valence-electron chi connectivity index (χ1n) is 7.81. The summed E-state index contributed by atoms with van der Waals surface area (Å²) >= 11 is 0. The Labute approximate surface area is 120 Å². The van der Waals surface area contributed by atoms with Gasteiger partial charge in [-0.1, -0.05) is 13.3 Å². The summed E-state index contributed by atoms with van der Waals surface area (Å²) in [6, 6.07) is -0.185. The minimum Gasteiger partial charge on any atom is -0.481 e. The topological polar surface area (TPSA) is 78.4 Å². The van der Waals surface area contributed by atoms with Gasteiger partial charge >= 0.3 is 5.97 Å². The van der Waals surface area contributed by atoms with Crippen LogP contribution in [0.15, 0.2) is 0 Å². The van der Waals surface area contributed by atoms with E-state index >= 15 is 0 Å². The van der Waals surface area contributed by atoms with Crippen LogP contribution in [0, 0.1) is 11.3 Å². The Morgan fingerprint density at radius 2 is 2.20 bits per heavy atom. The number of carbonyl (C=O) groups excluding carboxylic acids is 1. The van der Waals surface area contributed by atoms with Gasteiger partial charge in [0.2, 0.25) is 5.91 Å². The molecule has 5 nitrogen and oxygen atoms in total. The zero-order valence-corrected chi connectivity index (χ0v) is 12.3. The van der Waals surface area contributed by atoms with Gasteiger partial charge in [-0.25, -0.2) is 0 Å². The van der Waals surface area contributed by atoms with E-state index in [1.807, 2.05) is 0 Å². The van der Waals surface area contributed by atoms with Crippen LogP contribution < -0.4 is 10.6 Å². The smallest absolute Gasteiger partial charge is 0.305 e. The first kappa shape index (κ1) is 15.3. The first-order chi connectivity index (χ1) is 9.57. The van der Waals surface area contributed by atoms with Crippen LogP contribution in [0.25, 0.3) is 0 Å². The lowest BCUT2D eigenvalue weighted by atomic mass is 9.76. The maximum Gasteiger partial charge on any atom is 0.305 e. The minimum absolute atomic E-state index is 0.0477. The highest BCUT2D eigenvalue weighted by atomic mass is 16.4. The fourth-order valence-electron chi connectivity index (χ4n) is 3.31. The van der Waals surface area contributed by atoms with E-state index in [0.29, 0.717) is 5.92 Å². The highest BCUT2D eigenvalue weighted by Crippen LogP contribution is 2.36. The maximum absolute atomic E-state index is 12.7. The lowest BCUT2D eigenvalue weighted by Gasteiger charge is -2.37. The molecule has 0 aromatic carbocycles. The van der Waals surface area contributed by atoms with Gasteiger partial charge in [0.05, 0.1) is 11.8 Å². The van der Waals surface area contributed by atoms with Crippen molar-refractivity contribution in [2.45, 2.75) is 57.9 Å². The number of carboxylic acid groups (broad SMARTS) is 1. The largest absolute Gasteiger partial charge is 0.481 e. The zero-order chi connectivity index (χ0) is 14.6. The van der Waals surface area contributed by atoms with Crippen LogP contribution >= 0.6 is 0 Å². The number of rotatable bonds is 7. The molecule has 114 valence electrons. The number of hydrogen-bond donors (Lipinski definition) is 3. The van der Waals surface area contributed by atoms with Crippen molar-refractivity contribution in [3.63, 3.8) is 0 Å². The van der Waals surface area contributed by atoms with E-state index in [4.69, 9.17) is 5.11 Å². The number of carbonyl (C=O) groups is 2. The van der Waals surface area contributed by atoms with Crippen molar-refractivity contribution < 1.29 is 14.7 Å². The molecule has 2 rings (SSSR count). The van der Waals surface area contributed by atoms with Crippen LogP contribution in [0.3, 0.4) is 0 Å². The molecular formula is C15H26N2O3. The molecule has 0 aromatic rings. The molecule has 0 spiro atoms. The van der Waals surface area contributed by atoms with Crippen LogP contribution in [0.5, 0.6) is 0 Å². The van der Waals surface area contributed by atoms with Crippen LogP contribution in [-0.2, 0) is 9.59 Å². The predicted octanol–water partition coefficient (Wildman–Crippen LogP) is 1.53. The Morgan fingerprint density at radius 3 is 2.70 bits per heavy atom. The van der Waals surface area contributed by atoms with Crippen molar-refractivity contribution in [3.05, 3.63) is 0 Å². The van der Waals surface area contributed by atoms with E-state index < -0.39 is 5.97 Å². The highest BCUT2D eigenvalue weighted by Gasteiger charge is 2.42. The van der Waals surface area contributed by atoms with E-state index in [-0.39, 0.29) is 23.8 Å². The van der Waals surface area contributed by atoms with Crippen LogP contribution in [0.2, 0.25) is 0 Å². The molecule has 2 aliphatic rings. The van der Waals surface area contributed by atoms with Gasteiger partial charge in [-0.2, -0.15) is 0 Å². The van der Waals surface area contributed by atoms with Crippen molar-refractivity contribution in [2.75, 3.05) is 13.1 Å². The van der Waals surface area contributed by atoms with Gasteiger partial charge in [0.25, 0.3) is 0 Å². The van der Waals surface area contributed by atoms with E-state index in [1.165, 1.54) is 0 Å². The van der Waals surface area contributed by atoms with Crippen molar-refractivity contribution in [1.82, 2.24) is 10.6 Å². The molecule has 5 heteroatoms. The Morgan fingerprint density at radius 1 is 1.45 bits per heavy atom. The molecule has 1 heterocycles. The number of amides is 1. The molecule has 0 bridgehead atoms. The molecule has 1 saturated heterocycles. The third-order valence-electron chi connectivity index (χ3n) is 4.58. The summed E-state index contributed by atoms with van der Waals surface area (Å²) in [5, 5.41) is 15.4. The second kappa shape index (κ2) is 6.57. The predicted molar refractivity (Wildman–Crippen MR) is 76.4 cm³/mol. The Hall–Kier alpha value is -1.10. The fourth-order valence-corrected chi connectivity index (χ4v) is 3.31. The lowest BCUT2D eigenvalue weighted by Crippen LogP contribution is -2.53. The normalized spacial score (nSPS) is 27.9. The number of carboxylic acids is 1. The molecular weight excluding hydrogens is 256 g/mol. The highest BCUT2D eigenvalue weighted by molar-refractivity contribution is 5.84. The zero-order valence-electron chi connectivity index (χ0n) is 12.3. The van der Waals surface area contributed by atoms with Gasteiger partial charge < -0.3 is 15.7 Å². The second-order valence-corrected chi connectivity index (χ2v) is 6.33. The maximum atomic E-state index is 12.7. The summed E-state index contributed by atoms with van der Waals surface area (Å²) in [5.74, 6) is -0.400. The molecule has 2 unspecified atom stereocenters. The van der Waals surface area contributed by atoms with Gasteiger partial charge in [0, 0.05) is 12.6 Å². The Bertz CT molecular complexity index is 355. The van der Waals surface area contributed by atoms with E-state index in [1.54, 1.807) is 0 Å². The minimum atomic E-state index is -0.825. The van der Waals surface area contributed by atoms with Gasteiger partial charge in [-0.05, 0) is 44.6 Å². The number of aliphatic carboxylic acids is 1. The van der Waals surface area contributed by atoms with Gasteiger partial charge in [-0.3, -0.25) is 9.59 Å². The Kier molecular flexibility index (Phi) is 5.02. The first-order valence-corrected chi connectivity index (χ1v) is 7.81. The monoisotopic (exact) mass is 282 g/mol. The number of piperidine rings is 1. The summed E-state index contributed by atoms with van der Waals surface area (Å²) in [6.45, 7) is 3.79. The summed E-state index contributed by atoms with van der Waals surface area (Å²) < 4.78 is 0. The molecule has 2 fully saturated rings. The third kappa shape index (κ3) is 3.72. The molecule has 3 N–H and O–H groups in total. The third-order valence-corrected chi connectivity index (χ3v) is 4.58. The molecule has 0 aromatic heterocycles. The van der Waals surface area contributed by atoms with E-state index in [0.717, 1.165) is 51.6 Å². The van der Waals surface area contributed by atoms with Crippen LogP contribution in [-0.4, -0.2) is 36.1 Å². The average molecular weight is 282 g/mol. The molecule has 1 aliphatic carbocycles. The van der Waals surface area contributed by atoms with Crippen LogP contribution in [0.1, 0.15) is 51.9 Å². The van der Waals surface area contributed by atoms with Gasteiger partial charge in [0.15, 0.2) is 0 Å². The average Bonchev–Trinajstić information content (AvgIpc) is 3.23. The molecule has 20 heavy (non-hydrogen) atoms. The van der Waals surface area contributed by atoms with E-state index in [9.17, 15) is 9.59 Å². The van der Waals surface area contributed by atoms with Crippen molar-refractivity contribution in [2.24, 2.45) is 11.3 Å². The summed E-state index contributed by atoms with van der Waals surface area (Å²) in [6.07, 6.45) is 5.89. The molecule has 1 aliphatic heterocycles. The Balaban J connectivity index is 2.00. The van der Waals surface area contributed by atoms with E-state index in [2.05, 4.69) is 17.6 Å². The summed E-state index contributed by atoms with van der Waals surface area (Å²) in [4.78, 5) is 23.6. The number of nitrogens with one attached hydrogen (secondary N) is 2. The number of hydrogen-bond acceptors (Lipinski definition) is 3. The summed E-state index contributed by atoms with van der Waals surface area (Å²) in [7, 11) is 0. The second-order valence-electron chi connectivity index (χ2n) is 6.33. The quantitative estimate of drug-likeness (QED) is 0.661. The summed E-state index contributed by atoms with van der Waals surface area (Å²) in [5.41, 5.74) is -0.335. The van der Waals surface area contributed by atoms with Gasteiger partial charge in [0.1, 0.15) is 0 Å². The van der Waals surface area contributed by atoms with Crippen molar-refractivity contribution in [1.29, 1.82) is 0 Å². The standard InChI is InChI=1S/C15H26N2O3/c1-2-6-15(7-3-8-16-10-15)14(20)17-12(9-13(18)19)11-4-5-11/h11-12,16H,2-10H2,1H3,(H,17,20)(H,18,19). The molecule has 0 radical (unpaired) electrons. The fraction of sp³-hybridized carbons (Fsp3) is 0.867. The van der Waals surface area contributed by atoms with Crippen LogP contribution in [0.4, 0.5) is 0 Å². The van der Waals surface area contributed by atoms with Crippen molar-refractivity contribution in [3.8, 4) is 0 Å². The van der Waals surface area contributed by atoms with Crippen molar-refractivity contribution >= 4 is 11.9 Å². The molecule has 1 saturated carbocycles. The van der Waals surface area contributed by atoms with Gasteiger partial charge in [-0.15, -0.1) is 0 Å².